The minimum Gasteiger partial charge on any atom is -0.455 e. The van der Waals surface area contributed by atoms with Crippen molar-refractivity contribution in [2.45, 2.75) is 58.9 Å². The van der Waals surface area contributed by atoms with Gasteiger partial charge in [-0.15, -0.1) is 0 Å². The summed E-state index contributed by atoms with van der Waals surface area (Å²) in [5.41, 5.74) is -1.63. The first-order valence-corrected chi connectivity index (χ1v) is 12.3. The van der Waals surface area contributed by atoms with Crippen LogP contribution in [0.3, 0.4) is 0 Å². The third kappa shape index (κ3) is 7.50. The van der Waals surface area contributed by atoms with Gasteiger partial charge in [0, 0.05) is 25.8 Å². The second-order valence-corrected chi connectivity index (χ2v) is 9.30. The van der Waals surface area contributed by atoms with Crippen LogP contribution < -0.4 is 5.32 Å². The normalized spacial score (nSPS) is 11.1. The smallest absolute Gasteiger partial charge is 0.455 e. The summed E-state index contributed by atoms with van der Waals surface area (Å²) in [6.07, 6.45) is -0.234. The monoisotopic (exact) mass is 513 g/mol. The molecule has 1 aromatic rings. The SMILES string of the molecule is CCC(=O)O[Si](CCCCNC(=O)c1c(F)c(F)c(F)c(F)c1F)(OC(=O)CC)OC(=O)CC. The van der Waals surface area contributed by atoms with Gasteiger partial charge in [-0.1, -0.05) is 20.8 Å². The van der Waals surface area contributed by atoms with Crippen LogP contribution in [0.25, 0.3) is 0 Å². The van der Waals surface area contributed by atoms with Crippen molar-refractivity contribution in [2.75, 3.05) is 6.54 Å². The summed E-state index contributed by atoms with van der Waals surface area (Å²) in [6.45, 7) is 4.12. The highest BCUT2D eigenvalue weighted by atomic mass is 28.4. The minimum atomic E-state index is -4.15. The fourth-order valence-electron chi connectivity index (χ4n) is 2.51. The molecule has 8 nitrogen and oxygen atoms in total. The van der Waals surface area contributed by atoms with E-state index in [-0.39, 0.29) is 44.7 Å². The van der Waals surface area contributed by atoms with Crippen molar-refractivity contribution in [3.8, 4) is 0 Å². The van der Waals surface area contributed by atoms with Gasteiger partial charge in [0.2, 0.25) is 5.82 Å². The molecule has 190 valence electrons. The first-order chi connectivity index (χ1) is 15.9. The van der Waals surface area contributed by atoms with Crippen molar-refractivity contribution in [2.24, 2.45) is 0 Å². The molecule has 0 aromatic heterocycles. The van der Waals surface area contributed by atoms with E-state index in [1.54, 1.807) is 0 Å². The van der Waals surface area contributed by atoms with Crippen LogP contribution in [0, 0.1) is 29.1 Å². The quantitative estimate of drug-likeness (QED) is 0.149. The molecule has 0 radical (unpaired) electrons. The number of carbonyl (C=O) groups is 4. The van der Waals surface area contributed by atoms with E-state index in [0.717, 1.165) is 0 Å². The lowest BCUT2D eigenvalue weighted by Gasteiger charge is -2.27. The molecule has 1 amide bonds. The number of hydrogen-bond acceptors (Lipinski definition) is 7. The highest BCUT2D eigenvalue weighted by Crippen LogP contribution is 2.24. The Balaban J connectivity index is 2.89. The number of amides is 1. The first kappa shape index (κ1) is 29.0. The Bertz CT molecular complexity index is 870. The van der Waals surface area contributed by atoms with Crippen LogP contribution in [0.5, 0.6) is 0 Å². The average molecular weight is 513 g/mol. The highest BCUT2D eigenvalue weighted by molar-refractivity contribution is 6.65. The summed E-state index contributed by atoms with van der Waals surface area (Å²) in [5.74, 6) is -15.3. The number of halogens is 5. The van der Waals surface area contributed by atoms with Gasteiger partial charge in [-0.3, -0.25) is 19.2 Å². The molecule has 1 rings (SSSR count). The molecule has 0 aliphatic rings. The van der Waals surface area contributed by atoms with Crippen LogP contribution in [0.4, 0.5) is 22.0 Å². The molecule has 1 aromatic carbocycles. The fraction of sp³-hybridized carbons (Fsp3) is 0.500. The maximum absolute atomic E-state index is 13.7. The third-order valence-corrected chi connectivity index (χ3v) is 6.89. The van der Waals surface area contributed by atoms with Gasteiger partial charge in [-0.05, 0) is 12.8 Å². The van der Waals surface area contributed by atoms with Crippen molar-refractivity contribution < 1.29 is 54.4 Å². The molecule has 0 saturated heterocycles. The average Bonchev–Trinajstić information content (AvgIpc) is 2.80. The lowest BCUT2D eigenvalue weighted by Crippen LogP contribution is -2.50. The molecular weight excluding hydrogens is 489 g/mol. The van der Waals surface area contributed by atoms with Gasteiger partial charge in [0.25, 0.3) is 23.8 Å². The van der Waals surface area contributed by atoms with Crippen LogP contribution >= 0.6 is 0 Å². The molecule has 0 heterocycles. The Morgan fingerprint density at radius 3 is 1.44 bits per heavy atom. The molecule has 0 bridgehead atoms. The summed E-state index contributed by atoms with van der Waals surface area (Å²) in [7, 11) is -4.15. The molecule has 0 aliphatic carbocycles. The van der Waals surface area contributed by atoms with Crippen LogP contribution in [0.1, 0.15) is 63.2 Å². The topological polar surface area (TPSA) is 108 Å². The minimum absolute atomic E-state index is 0.0207. The molecule has 14 heteroatoms. The molecule has 1 N–H and O–H groups in total. The molecule has 0 atom stereocenters. The van der Waals surface area contributed by atoms with E-state index in [0.29, 0.717) is 0 Å². The summed E-state index contributed by atoms with van der Waals surface area (Å²) < 4.78 is 82.7. The van der Waals surface area contributed by atoms with Gasteiger partial charge in [0.15, 0.2) is 23.3 Å². The molecule has 0 unspecified atom stereocenters. The van der Waals surface area contributed by atoms with Crippen LogP contribution in [0.2, 0.25) is 6.04 Å². The zero-order chi connectivity index (χ0) is 26.1. The molecule has 0 saturated carbocycles. The molecule has 0 aliphatic heterocycles. The van der Waals surface area contributed by atoms with E-state index in [2.05, 4.69) is 0 Å². The summed E-state index contributed by atoms with van der Waals surface area (Å²) in [6, 6.07) is -0.214. The zero-order valence-corrected chi connectivity index (χ0v) is 19.7. The standard InChI is InChI=1S/C20H24F5NO7Si/c1-4-11(27)31-34(32-12(28)5-2,33-13(29)6-3)10-8-7-9-26-20(30)14-15(21)17(23)19(25)18(24)16(14)22/h4-10H2,1-3H3,(H,26,30). The maximum atomic E-state index is 13.7. The van der Waals surface area contributed by atoms with Gasteiger partial charge in [-0.25, -0.2) is 22.0 Å². The highest BCUT2D eigenvalue weighted by Gasteiger charge is 2.52. The number of hydrogen-bond donors (Lipinski definition) is 1. The Morgan fingerprint density at radius 2 is 1.06 bits per heavy atom. The Kier molecular flexibility index (Phi) is 11.1. The van der Waals surface area contributed by atoms with Gasteiger partial charge < -0.3 is 18.6 Å². The number of rotatable bonds is 12. The van der Waals surface area contributed by atoms with Gasteiger partial charge in [0.05, 0.1) is 6.04 Å². The van der Waals surface area contributed by atoms with E-state index < -0.39 is 67.3 Å². The van der Waals surface area contributed by atoms with E-state index in [1.807, 2.05) is 5.32 Å². The van der Waals surface area contributed by atoms with Gasteiger partial charge in [-0.2, -0.15) is 0 Å². The van der Waals surface area contributed by atoms with Crippen molar-refractivity contribution in [1.29, 1.82) is 0 Å². The first-order valence-electron chi connectivity index (χ1n) is 10.4. The predicted molar refractivity (Wildman–Crippen MR) is 108 cm³/mol. The lowest BCUT2D eigenvalue weighted by atomic mass is 10.1. The van der Waals surface area contributed by atoms with Crippen molar-refractivity contribution in [3.05, 3.63) is 34.6 Å². The van der Waals surface area contributed by atoms with Crippen molar-refractivity contribution in [3.63, 3.8) is 0 Å². The zero-order valence-electron chi connectivity index (χ0n) is 18.7. The van der Waals surface area contributed by atoms with Gasteiger partial charge in [0.1, 0.15) is 5.56 Å². The summed E-state index contributed by atoms with van der Waals surface area (Å²) >= 11 is 0. The van der Waals surface area contributed by atoms with Crippen molar-refractivity contribution >= 4 is 32.6 Å². The molecule has 34 heavy (non-hydrogen) atoms. The van der Waals surface area contributed by atoms with E-state index in [1.165, 1.54) is 20.8 Å². The van der Waals surface area contributed by atoms with E-state index in [9.17, 15) is 41.1 Å². The molecular formula is C20H24F5NO7Si. The number of carbonyl (C=O) groups excluding carboxylic acids is 4. The predicted octanol–water partition coefficient (Wildman–Crippen LogP) is 3.69. The lowest BCUT2D eigenvalue weighted by molar-refractivity contribution is -0.150. The Hall–Kier alpha value is -3.03. The third-order valence-electron chi connectivity index (χ3n) is 4.31. The second kappa shape index (κ2) is 13.0. The maximum Gasteiger partial charge on any atom is 0.705 e. The van der Waals surface area contributed by atoms with Crippen LogP contribution in [-0.2, 0) is 27.7 Å². The van der Waals surface area contributed by atoms with Gasteiger partial charge >= 0.3 is 8.80 Å². The Morgan fingerprint density at radius 1 is 0.676 bits per heavy atom. The summed E-state index contributed by atoms with van der Waals surface area (Å²) in [5, 5.41) is 2.01. The fourth-order valence-corrected chi connectivity index (χ4v) is 5.10. The van der Waals surface area contributed by atoms with Crippen molar-refractivity contribution in [1.82, 2.24) is 5.32 Å². The Labute approximate surface area is 193 Å². The number of nitrogens with one attached hydrogen (secondary N) is 1. The second-order valence-electron chi connectivity index (χ2n) is 6.82. The van der Waals surface area contributed by atoms with Crippen LogP contribution in [-0.4, -0.2) is 39.2 Å². The molecule has 0 fully saturated rings. The van der Waals surface area contributed by atoms with E-state index >= 15 is 0 Å². The summed E-state index contributed by atoms with van der Waals surface area (Å²) in [4.78, 5) is 47.5. The molecule has 0 spiro atoms. The van der Waals surface area contributed by atoms with E-state index in [4.69, 9.17) is 13.3 Å². The largest absolute Gasteiger partial charge is 0.705 e. The number of unbranched alkanes of at least 4 members (excludes halogenated alkanes) is 1. The number of benzene rings is 1. The van der Waals surface area contributed by atoms with Crippen LogP contribution in [0.15, 0.2) is 0 Å².